The number of carbonyl (C=O) groups is 1. The molecule has 3 aliphatic rings. The molecule has 0 spiro atoms. The van der Waals surface area contributed by atoms with Gasteiger partial charge in [0.25, 0.3) is 0 Å². The smallest absolute Gasteiger partial charge is 0.306 e. The topological polar surface area (TPSA) is 49.8 Å². The average molecular weight is 252 g/mol. The molecule has 0 amide bonds. The van der Waals surface area contributed by atoms with Gasteiger partial charge >= 0.3 is 5.97 Å². The van der Waals surface area contributed by atoms with E-state index in [-0.39, 0.29) is 11.5 Å². The zero-order valence-electron chi connectivity index (χ0n) is 11.6. The molecule has 6 unspecified atom stereocenters. The maximum atomic E-state index is 11.3. The van der Waals surface area contributed by atoms with E-state index in [1.54, 1.807) is 0 Å². The average Bonchev–Trinajstić information content (AvgIpc) is 3.01. The molecule has 0 bridgehead atoms. The summed E-state index contributed by atoms with van der Waals surface area (Å²) in [4.78, 5) is 11.3. The van der Waals surface area contributed by atoms with Gasteiger partial charge < -0.3 is 9.84 Å². The van der Waals surface area contributed by atoms with Crippen LogP contribution in [-0.4, -0.2) is 22.8 Å². The van der Waals surface area contributed by atoms with Gasteiger partial charge in [0.1, 0.15) is 0 Å². The van der Waals surface area contributed by atoms with Gasteiger partial charge in [0.2, 0.25) is 0 Å². The van der Waals surface area contributed by atoms with E-state index < -0.39 is 5.97 Å². The first-order valence-electron chi connectivity index (χ1n) is 7.34. The highest BCUT2D eigenvalue weighted by Gasteiger charge is 2.64. The summed E-state index contributed by atoms with van der Waals surface area (Å²) in [5.41, 5.74) is 0.0781. The monoisotopic (exact) mass is 252 g/mol. The maximum absolute atomic E-state index is 11.3. The minimum Gasteiger partial charge on any atom is -0.481 e. The molecule has 3 rings (SSSR count). The van der Waals surface area contributed by atoms with Crippen molar-refractivity contribution in [3.63, 3.8) is 0 Å². The summed E-state index contributed by atoms with van der Waals surface area (Å²) in [6, 6.07) is 0. The number of hydrogen-bond acceptors (Lipinski definition) is 2. The van der Waals surface area contributed by atoms with E-state index in [0.717, 1.165) is 18.8 Å². The van der Waals surface area contributed by atoms with E-state index in [4.69, 9.17) is 4.74 Å². The lowest BCUT2D eigenvalue weighted by Gasteiger charge is -2.45. The van der Waals surface area contributed by atoms with E-state index in [2.05, 4.69) is 13.8 Å². The highest BCUT2D eigenvalue weighted by Crippen LogP contribution is 2.60. The fraction of sp³-hybridized carbons (Fsp3) is 0.933. The van der Waals surface area contributed by atoms with Gasteiger partial charge in [0, 0.05) is 0 Å². The third-order valence-electron chi connectivity index (χ3n) is 5.97. The molecule has 1 N–H and O–H groups in total. The lowest BCUT2D eigenvalue weighted by molar-refractivity contribution is -0.145. The Bertz CT molecular complexity index is 367. The second-order valence-electron chi connectivity index (χ2n) is 6.98. The van der Waals surface area contributed by atoms with Crippen molar-refractivity contribution < 1.29 is 14.6 Å². The highest BCUT2D eigenvalue weighted by molar-refractivity contribution is 5.70. The van der Waals surface area contributed by atoms with Crippen molar-refractivity contribution >= 4 is 5.97 Å². The van der Waals surface area contributed by atoms with Crippen LogP contribution >= 0.6 is 0 Å². The van der Waals surface area contributed by atoms with Gasteiger partial charge in [-0.3, -0.25) is 4.79 Å². The number of epoxide rings is 1. The van der Waals surface area contributed by atoms with Crippen LogP contribution in [0.2, 0.25) is 0 Å². The standard InChI is InChI=1S/C15H24O3/c1-8-4-5-11(9(2)14(16)17)12-10(8)6-7-15(3)13(12)18-15/h8-13H,4-7H2,1-3H3,(H,16,17)/t8?,9?,10?,11?,12?,13?,15-/m1/s1. The van der Waals surface area contributed by atoms with Crippen molar-refractivity contribution in [1.29, 1.82) is 0 Å². The molecule has 0 aromatic carbocycles. The molecule has 3 fully saturated rings. The van der Waals surface area contributed by atoms with Crippen molar-refractivity contribution in [2.45, 2.75) is 58.2 Å². The van der Waals surface area contributed by atoms with E-state index in [9.17, 15) is 9.90 Å². The van der Waals surface area contributed by atoms with Crippen molar-refractivity contribution in [2.75, 3.05) is 0 Å². The second kappa shape index (κ2) is 3.96. The Balaban J connectivity index is 1.85. The van der Waals surface area contributed by atoms with Crippen molar-refractivity contribution in [3.05, 3.63) is 0 Å². The minimum atomic E-state index is -0.638. The molecule has 3 heteroatoms. The van der Waals surface area contributed by atoms with Crippen LogP contribution in [0.25, 0.3) is 0 Å². The first-order valence-corrected chi connectivity index (χ1v) is 7.34. The SMILES string of the molecule is CC1CCC(C(C)C(=O)O)C2C1CC[C@@]1(C)OC21. The molecule has 0 radical (unpaired) electrons. The molecule has 18 heavy (non-hydrogen) atoms. The third-order valence-corrected chi connectivity index (χ3v) is 5.97. The highest BCUT2D eigenvalue weighted by atomic mass is 16.6. The maximum Gasteiger partial charge on any atom is 0.306 e. The zero-order chi connectivity index (χ0) is 13.1. The Morgan fingerprint density at radius 3 is 2.78 bits per heavy atom. The number of ether oxygens (including phenoxy) is 1. The zero-order valence-corrected chi connectivity index (χ0v) is 11.6. The molecule has 2 saturated carbocycles. The van der Waals surface area contributed by atoms with E-state index in [0.29, 0.717) is 23.9 Å². The van der Waals surface area contributed by atoms with E-state index in [1.807, 2.05) is 6.92 Å². The predicted molar refractivity (Wildman–Crippen MR) is 68.2 cm³/mol. The molecule has 0 aromatic heterocycles. The molecule has 1 heterocycles. The Hall–Kier alpha value is -0.570. The quantitative estimate of drug-likeness (QED) is 0.769. The van der Waals surface area contributed by atoms with Gasteiger partial charge in [-0.2, -0.15) is 0 Å². The van der Waals surface area contributed by atoms with Crippen LogP contribution in [0.15, 0.2) is 0 Å². The van der Waals surface area contributed by atoms with Crippen LogP contribution in [0.5, 0.6) is 0 Å². The number of fused-ring (bicyclic) bond motifs is 3. The number of aliphatic carboxylic acids is 1. The van der Waals surface area contributed by atoms with Gasteiger partial charge in [-0.15, -0.1) is 0 Å². The summed E-state index contributed by atoms with van der Waals surface area (Å²) in [6.07, 6.45) is 4.98. The van der Waals surface area contributed by atoms with Crippen LogP contribution < -0.4 is 0 Å². The molecule has 7 atom stereocenters. The van der Waals surface area contributed by atoms with Gasteiger partial charge in [0.05, 0.1) is 17.6 Å². The number of carboxylic acid groups (broad SMARTS) is 1. The summed E-state index contributed by atoms with van der Waals surface area (Å²) < 4.78 is 5.95. The molecule has 102 valence electrons. The lowest BCUT2D eigenvalue weighted by Crippen LogP contribution is -2.45. The summed E-state index contributed by atoms with van der Waals surface area (Å²) in [7, 11) is 0. The van der Waals surface area contributed by atoms with Gasteiger partial charge in [-0.1, -0.05) is 20.3 Å². The molecular weight excluding hydrogens is 228 g/mol. The van der Waals surface area contributed by atoms with Crippen molar-refractivity contribution in [1.82, 2.24) is 0 Å². The Labute approximate surface area is 109 Å². The van der Waals surface area contributed by atoms with E-state index in [1.165, 1.54) is 12.8 Å². The van der Waals surface area contributed by atoms with Crippen LogP contribution in [0.3, 0.4) is 0 Å². The number of hydrogen-bond donors (Lipinski definition) is 1. The second-order valence-corrected chi connectivity index (χ2v) is 6.98. The fourth-order valence-electron chi connectivity index (χ4n) is 4.65. The Kier molecular flexibility index (Phi) is 2.74. The van der Waals surface area contributed by atoms with Crippen molar-refractivity contribution in [2.24, 2.45) is 29.6 Å². The number of carboxylic acids is 1. The molecule has 1 saturated heterocycles. The molecule has 1 aliphatic heterocycles. The van der Waals surface area contributed by atoms with E-state index >= 15 is 0 Å². The fourth-order valence-corrected chi connectivity index (χ4v) is 4.65. The molecule has 3 nitrogen and oxygen atoms in total. The van der Waals surface area contributed by atoms with Gasteiger partial charge in [0.15, 0.2) is 0 Å². The molecule has 0 aromatic rings. The molecular formula is C15H24O3. The molecule has 2 aliphatic carbocycles. The van der Waals surface area contributed by atoms with Crippen LogP contribution in [0.4, 0.5) is 0 Å². The summed E-state index contributed by atoms with van der Waals surface area (Å²) in [5, 5.41) is 9.31. The number of rotatable bonds is 2. The predicted octanol–water partition coefficient (Wildman–Crippen LogP) is 2.94. The first kappa shape index (κ1) is 12.5. The Morgan fingerprint density at radius 2 is 2.11 bits per heavy atom. The van der Waals surface area contributed by atoms with Crippen molar-refractivity contribution in [3.8, 4) is 0 Å². The summed E-state index contributed by atoms with van der Waals surface area (Å²) in [5.74, 6) is 1.36. The van der Waals surface area contributed by atoms with Gasteiger partial charge in [-0.25, -0.2) is 0 Å². The van der Waals surface area contributed by atoms with Crippen LogP contribution in [0, 0.1) is 29.6 Å². The lowest BCUT2D eigenvalue weighted by atomic mass is 9.57. The van der Waals surface area contributed by atoms with Crippen LogP contribution in [0.1, 0.15) is 46.5 Å². The Morgan fingerprint density at radius 1 is 1.39 bits per heavy atom. The van der Waals surface area contributed by atoms with Crippen LogP contribution in [-0.2, 0) is 9.53 Å². The summed E-state index contributed by atoms with van der Waals surface area (Å²) in [6.45, 7) is 6.42. The first-order chi connectivity index (χ1) is 8.44. The normalized spacial score (nSPS) is 52.1. The van der Waals surface area contributed by atoms with Gasteiger partial charge in [-0.05, 0) is 49.9 Å². The summed E-state index contributed by atoms with van der Waals surface area (Å²) >= 11 is 0. The largest absolute Gasteiger partial charge is 0.481 e. The third kappa shape index (κ3) is 1.70. The minimum absolute atomic E-state index is 0.0781.